The summed E-state index contributed by atoms with van der Waals surface area (Å²) in [6.45, 7) is 1.56. The van der Waals surface area contributed by atoms with Gasteiger partial charge >= 0.3 is 0 Å². The summed E-state index contributed by atoms with van der Waals surface area (Å²) in [5.74, 6) is 1.11. The number of aldehydes is 1. The zero-order valence-electron chi connectivity index (χ0n) is 7.10. The predicted octanol–water partition coefficient (Wildman–Crippen LogP) is 0.461. The first-order valence-corrected chi connectivity index (χ1v) is 4.24. The SMILES string of the molecule is O=Cc1nc(CC2CCOC2)no1. The summed E-state index contributed by atoms with van der Waals surface area (Å²) in [5, 5.41) is 3.68. The zero-order valence-corrected chi connectivity index (χ0v) is 7.10. The molecule has 0 amide bonds. The van der Waals surface area contributed by atoms with Gasteiger partial charge in [-0.1, -0.05) is 5.16 Å². The molecule has 0 bridgehead atoms. The Kier molecular flexibility index (Phi) is 2.35. The van der Waals surface area contributed by atoms with Gasteiger partial charge in [0.2, 0.25) is 6.29 Å². The molecule has 1 aromatic rings. The monoisotopic (exact) mass is 182 g/mol. The normalized spacial score (nSPS) is 22.0. The average Bonchev–Trinajstić information content (AvgIpc) is 2.76. The summed E-state index contributed by atoms with van der Waals surface area (Å²) in [7, 11) is 0. The van der Waals surface area contributed by atoms with Gasteiger partial charge in [-0.05, 0) is 12.3 Å². The number of ether oxygens (including phenoxy) is 1. The van der Waals surface area contributed by atoms with Gasteiger partial charge in [-0.3, -0.25) is 4.79 Å². The molecule has 0 saturated carbocycles. The van der Waals surface area contributed by atoms with Crippen LogP contribution in [0.25, 0.3) is 0 Å². The van der Waals surface area contributed by atoms with Crippen molar-refractivity contribution in [3.8, 4) is 0 Å². The fourth-order valence-electron chi connectivity index (χ4n) is 1.40. The number of aromatic nitrogens is 2. The predicted molar refractivity (Wildman–Crippen MR) is 42.3 cm³/mol. The smallest absolute Gasteiger partial charge is 0.290 e. The minimum Gasteiger partial charge on any atom is -0.381 e. The number of hydrogen-bond donors (Lipinski definition) is 0. The Labute approximate surface area is 75.1 Å². The Bertz CT molecular complexity index is 291. The maximum atomic E-state index is 10.2. The second-order valence-electron chi connectivity index (χ2n) is 3.10. The first-order chi connectivity index (χ1) is 6.38. The fraction of sp³-hybridized carbons (Fsp3) is 0.625. The Morgan fingerprint density at radius 2 is 2.54 bits per heavy atom. The third-order valence-corrected chi connectivity index (χ3v) is 2.08. The summed E-state index contributed by atoms with van der Waals surface area (Å²) in [6, 6.07) is 0. The van der Waals surface area contributed by atoms with Gasteiger partial charge in [0.25, 0.3) is 5.89 Å². The summed E-state index contributed by atoms with van der Waals surface area (Å²) in [6.07, 6.45) is 2.32. The molecule has 0 radical (unpaired) electrons. The van der Waals surface area contributed by atoms with Crippen LogP contribution in [-0.4, -0.2) is 29.6 Å². The van der Waals surface area contributed by atoms with Crippen molar-refractivity contribution in [2.45, 2.75) is 12.8 Å². The van der Waals surface area contributed by atoms with E-state index in [1.807, 2.05) is 0 Å². The van der Waals surface area contributed by atoms with Gasteiger partial charge in [-0.15, -0.1) is 0 Å². The van der Waals surface area contributed by atoms with Crippen LogP contribution < -0.4 is 0 Å². The molecular weight excluding hydrogens is 172 g/mol. The molecule has 0 aromatic carbocycles. The first kappa shape index (κ1) is 8.37. The highest BCUT2D eigenvalue weighted by atomic mass is 16.5. The quantitative estimate of drug-likeness (QED) is 0.635. The molecular formula is C8H10N2O3. The molecule has 1 unspecified atom stereocenters. The van der Waals surface area contributed by atoms with Crippen molar-refractivity contribution in [3.05, 3.63) is 11.7 Å². The molecule has 70 valence electrons. The van der Waals surface area contributed by atoms with E-state index in [-0.39, 0.29) is 5.89 Å². The van der Waals surface area contributed by atoms with Gasteiger partial charge in [0, 0.05) is 19.6 Å². The molecule has 2 heterocycles. The van der Waals surface area contributed by atoms with Crippen LogP contribution in [0.1, 0.15) is 22.9 Å². The Morgan fingerprint density at radius 3 is 3.15 bits per heavy atom. The lowest BCUT2D eigenvalue weighted by Gasteiger charge is -2.00. The maximum Gasteiger partial charge on any atom is 0.290 e. The summed E-state index contributed by atoms with van der Waals surface area (Å²) < 4.78 is 9.86. The van der Waals surface area contributed by atoms with Crippen LogP contribution in [0.15, 0.2) is 4.52 Å². The largest absolute Gasteiger partial charge is 0.381 e. The second-order valence-corrected chi connectivity index (χ2v) is 3.10. The van der Waals surface area contributed by atoms with Gasteiger partial charge in [0.15, 0.2) is 5.82 Å². The van der Waals surface area contributed by atoms with E-state index in [4.69, 9.17) is 4.74 Å². The van der Waals surface area contributed by atoms with Crippen LogP contribution in [0.3, 0.4) is 0 Å². The molecule has 1 fully saturated rings. The number of carbonyl (C=O) groups excluding carboxylic acids is 1. The Hall–Kier alpha value is -1.23. The summed E-state index contributed by atoms with van der Waals surface area (Å²) in [5.41, 5.74) is 0. The molecule has 2 rings (SSSR count). The van der Waals surface area contributed by atoms with E-state index >= 15 is 0 Å². The minimum absolute atomic E-state index is 0.0499. The fourth-order valence-corrected chi connectivity index (χ4v) is 1.40. The Morgan fingerprint density at radius 1 is 1.62 bits per heavy atom. The van der Waals surface area contributed by atoms with Crippen molar-refractivity contribution in [3.63, 3.8) is 0 Å². The molecule has 5 nitrogen and oxygen atoms in total. The van der Waals surface area contributed by atoms with Crippen LogP contribution in [0.2, 0.25) is 0 Å². The highest BCUT2D eigenvalue weighted by molar-refractivity contribution is 5.66. The van der Waals surface area contributed by atoms with Crippen molar-refractivity contribution in [1.29, 1.82) is 0 Å². The molecule has 13 heavy (non-hydrogen) atoms. The molecule has 1 atom stereocenters. The van der Waals surface area contributed by atoms with Gasteiger partial charge in [0.05, 0.1) is 0 Å². The molecule has 0 spiro atoms. The molecule has 1 aliphatic rings. The van der Waals surface area contributed by atoms with E-state index in [9.17, 15) is 4.79 Å². The van der Waals surface area contributed by atoms with Crippen LogP contribution in [0.5, 0.6) is 0 Å². The highest BCUT2D eigenvalue weighted by Gasteiger charge is 2.18. The van der Waals surface area contributed by atoms with E-state index in [1.54, 1.807) is 0 Å². The van der Waals surface area contributed by atoms with Crippen LogP contribution in [0.4, 0.5) is 0 Å². The number of rotatable bonds is 3. The van der Waals surface area contributed by atoms with Crippen molar-refractivity contribution < 1.29 is 14.1 Å². The lowest BCUT2D eigenvalue weighted by molar-refractivity contribution is 0.108. The topological polar surface area (TPSA) is 65.2 Å². The number of hydrogen-bond acceptors (Lipinski definition) is 5. The zero-order chi connectivity index (χ0) is 9.10. The van der Waals surface area contributed by atoms with Gasteiger partial charge in [-0.25, -0.2) is 0 Å². The first-order valence-electron chi connectivity index (χ1n) is 4.24. The van der Waals surface area contributed by atoms with E-state index < -0.39 is 0 Å². The molecule has 1 aliphatic heterocycles. The van der Waals surface area contributed by atoms with Crippen molar-refractivity contribution in [1.82, 2.24) is 10.1 Å². The maximum absolute atomic E-state index is 10.2. The third-order valence-electron chi connectivity index (χ3n) is 2.08. The van der Waals surface area contributed by atoms with E-state index in [1.165, 1.54) is 0 Å². The van der Waals surface area contributed by atoms with Crippen molar-refractivity contribution in [2.75, 3.05) is 13.2 Å². The standard InChI is InChI=1S/C8H10N2O3/c11-4-8-9-7(10-13-8)3-6-1-2-12-5-6/h4,6H,1-3,5H2. The molecule has 0 aliphatic carbocycles. The van der Waals surface area contributed by atoms with E-state index in [2.05, 4.69) is 14.7 Å². The summed E-state index contributed by atoms with van der Waals surface area (Å²) >= 11 is 0. The van der Waals surface area contributed by atoms with Gasteiger partial charge in [0.1, 0.15) is 0 Å². The van der Waals surface area contributed by atoms with Crippen LogP contribution in [0, 0.1) is 5.92 Å². The second kappa shape index (κ2) is 3.66. The number of carbonyl (C=O) groups is 1. The molecule has 5 heteroatoms. The average molecular weight is 182 g/mol. The van der Waals surface area contributed by atoms with Crippen LogP contribution in [-0.2, 0) is 11.2 Å². The number of nitrogens with zero attached hydrogens (tertiary/aromatic N) is 2. The summed E-state index contributed by atoms with van der Waals surface area (Å²) in [4.78, 5) is 14.1. The van der Waals surface area contributed by atoms with E-state index in [0.717, 1.165) is 26.1 Å². The Balaban J connectivity index is 1.96. The van der Waals surface area contributed by atoms with E-state index in [0.29, 0.717) is 18.0 Å². The van der Waals surface area contributed by atoms with Crippen LogP contribution >= 0.6 is 0 Å². The third kappa shape index (κ3) is 1.92. The molecule has 1 aromatic heterocycles. The van der Waals surface area contributed by atoms with Crippen molar-refractivity contribution in [2.24, 2.45) is 5.92 Å². The lowest BCUT2D eigenvalue weighted by atomic mass is 10.1. The minimum atomic E-state index is 0.0499. The van der Waals surface area contributed by atoms with Crippen molar-refractivity contribution >= 4 is 6.29 Å². The molecule has 0 N–H and O–H groups in total. The highest BCUT2D eigenvalue weighted by Crippen LogP contribution is 2.16. The molecule has 1 saturated heterocycles. The van der Waals surface area contributed by atoms with Gasteiger partial charge < -0.3 is 9.26 Å². The van der Waals surface area contributed by atoms with Gasteiger partial charge in [-0.2, -0.15) is 4.98 Å². The lowest BCUT2D eigenvalue weighted by Crippen LogP contribution is -2.04.